The van der Waals surface area contributed by atoms with E-state index in [4.69, 9.17) is 10.2 Å². The SMILES string of the molecule is O=C(O)c1ccc(N2CC(C(=O)O)CC2=O)c(F)c1. The van der Waals surface area contributed by atoms with Crippen LogP contribution in [0, 0.1) is 11.7 Å². The lowest BCUT2D eigenvalue weighted by molar-refractivity contribution is -0.141. The Balaban J connectivity index is 2.30. The standard InChI is InChI=1S/C12H10FNO5/c13-8-3-6(11(16)17)1-2-9(8)14-5-7(12(18)19)4-10(14)15/h1-3,7H,4-5H2,(H,16,17)(H,18,19). The molecule has 19 heavy (non-hydrogen) atoms. The van der Waals surface area contributed by atoms with E-state index in [1.54, 1.807) is 0 Å². The zero-order valence-corrected chi connectivity index (χ0v) is 9.67. The van der Waals surface area contributed by atoms with Crippen LogP contribution in [0.1, 0.15) is 16.8 Å². The van der Waals surface area contributed by atoms with Gasteiger partial charge < -0.3 is 15.1 Å². The monoisotopic (exact) mass is 267 g/mol. The zero-order chi connectivity index (χ0) is 14.2. The van der Waals surface area contributed by atoms with E-state index in [1.165, 1.54) is 12.1 Å². The molecular weight excluding hydrogens is 257 g/mol. The molecule has 1 aromatic rings. The minimum atomic E-state index is -1.28. The first-order valence-electron chi connectivity index (χ1n) is 5.46. The van der Waals surface area contributed by atoms with Gasteiger partial charge >= 0.3 is 11.9 Å². The van der Waals surface area contributed by atoms with E-state index in [-0.39, 0.29) is 24.2 Å². The summed E-state index contributed by atoms with van der Waals surface area (Å²) < 4.78 is 13.8. The summed E-state index contributed by atoms with van der Waals surface area (Å²) in [6.45, 7) is -0.114. The van der Waals surface area contributed by atoms with Crippen molar-refractivity contribution < 1.29 is 29.0 Å². The van der Waals surface area contributed by atoms with E-state index in [0.717, 1.165) is 11.0 Å². The largest absolute Gasteiger partial charge is 0.481 e. The molecule has 2 rings (SSSR count). The first kappa shape index (κ1) is 13.0. The summed E-state index contributed by atoms with van der Waals surface area (Å²) in [7, 11) is 0. The van der Waals surface area contributed by atoms with Gasteiger partial charge in [0.05, 0.1) is 17.2 Å². The van der Waals surface area contributed by atoms with Crippen LogP contribution in [-0.2, 0) is 9.59 Å². The van der Waals surface area contributed by atoms with Crippen molar-refractivity contribution in [3.05, 3.63) is 29.6 Å². The molecule has 1 amide bonds. The van der Waals surface area contributed by atoms with Crippen LogP contribution in [0.2, 0.25) is 0 Å². The summed E-state index contributed by atoms with van der Waals surface area (Å²) in [5.74, 6) is -4.61. The van der Waals surface area contributed by atoms with Gasteiger partial charge in [-0.2, -0.15) is 0 Å². The smallest absolute Gasteiger partial charge is 0.335 e. The molecule has 6 nitrogen and oxygen atoms in total. The van der Waals surface area contributed by atoms with Gasteiger partial charge in [-0.3, -0.25) is 9.59 Å². The van der Waals surface area contributed by atoms with E-state index in [2.05, 4.69) is 0 Å². The fraction of sp³-hybridized carbons (Fsp3) is 0.250. The fourth-order valence-corrected chi connectivity index (χ4v) is 1.96. The van der Waals surface area contributed by atoms with Crippen molar-refractivity contribution in [1.82, 2.24) is 0 Å². The Bertz CT molecular complexity index is 571. The molecule has 2 N–H and O–H groups in total. The maximum Gasteiger partial charge on any atom is 0.335 e. The number of carboxylic acid groups (broad SMARTS) is 2. The van der Waals surface area contributed by atoms with Crippen molar-refractivity contribution in [2.24, 2.45) is 5.92 Å². The molecule has 0 saturated carbocycles. The Labute approximate surface area is 107 Å². The lowest BCUT2D eigenvalue weighted by Gasteiger charge is -2.17. The van der Waals surface area contributed by atoms with Gasteiger partial charge in [-0.25, -0.2) is 9.18 Å². The predicted molar refractivity (Wildman–Crippen MR) is 61.5 cm³/mol. The second-order valence-corrected chi connectivity index (χ2v) is 4.21. The van der Waals surface area contributed by atoms with Gasteiger partial charge in [-0.15, -0.1) is 0 Å². The molecule has 0 aliphatic carbocycles. The van der Waals surface area contributed by atoms with Crippen LogP contribution in [0.3, 0.4) is 0 Å². The predicted octanol–water partition coefficient (Wildman–Crippen LogP) is 0.961. The molecule has 1 unspecified atom stereocenters. The molecule has 0 aromatic heterocycles. The summed E-state index contributed by atoms with van der Waals surface area (Å²) >= 11 is 0. The minimum absolute atomic E-state index is 0.0984. The van der Waals surface area contributed by atoms with Crippen LogP contribution in [0.25, 0.3) is 0 Å². The van der Waals surface area contributed by atoms with Crippen LogP contribution in [0.5, 0.6) is 0 Å². The number of aromatic carboxylic acids is 1. The fourth-order valence-electron chi connectivity index (χ4n) is 1.96. The molecule has 1 aliphatic rings. The number of carbonyl (C=O) groups is 3. The Kier molecular flexibility index (Phi) is 3.20. The molecule has 0 radical (unpaired) electrons. The number of rotatable bonds is 3. The highest BCUT2D eigenvalue weighted by atomic mass is 19.1. The lowest BCUT2D eigenvalue weighted by Crippen LogP contribution is -2.26. The third-order valence-corrected chi connectivity index (χ3v) is 2.96. The molecular formula is C12H10FNO5. The normalized spacial score (nSPS) is 18.7. The number of amides is 1. The second-order valence-electron chi connectivity index (χ2n) is 4.21. The van der Waals surface area contributed by atoms with Crippen molar-refractivity contribution >= 4 is 23.5 Å². The summed E-state index contributed by atoms with van der Waals surface area (Å²) in [4.78, 5) is 34.1. The molecule has 1 atom stereocenters. The van der Waals surface area contributed by atoms with E-state index < -0.39 is 29.6 Å². The zero-order valence-electron chi connectivity index (χ0n) is 9.67. The van der Waals surface area contributed by atoms with Gasteiger partial charge in [0.25, 0.3) is 0 Å². The highest BCUT2D eigenvalue weighted by Crippen LogP contribution is 2.28. The summed E-state index contributed by atoms with van der Waals surface area (Å²) in [6.07, 6.45) is -0.185. The Morgan fingerprint density at radius 2 is 2.00 bits per heavy atom. The first-order valence-corrected chi connectivity index (χ1v) is 5.46. The van der Waals surface area contributed by atoms with Crippen LogP contribution in [0.15, 0.2) is 18.2 Å². The topological polar surface area (TPSA) is 94.9 Å². The number of hydrogen-bond acceptors (Lipinski definition) is 3. The Morgan fingerprint density at radius 3 is 2.47 bits per heavy atom. The first-order chi connectivity index (χ1) is 8.90. The number of halogens is 1. The number of anilines is 1. The molecule has 1 fully saturated rings. The molecule has 1 heterocycles. The number of nitrogens with zero attached hydrogens (tertiary/aromatic N) is 1. The average Bonchev–Trinajstić information content (AvgIpc) is 2.71. The third kappa shape index (κ3) is 2.40. The van der Waals surface area contributed by atoms with Crippen molar-refractivity contribution in [1.29, 1.82) is 0 Å². The van der Waals surface area contributed by atoms with E-state index in [0.29, 0.717) is 0 Å². The summed E-state index contributed by atoms with van der Waals surface area (Å²) in [6, 6.07) is 3.14. The van der Waals surface area contributed by atoms with E-state index in [9.17, 15) is 18.8 Å². The van der Waals surface area contributed by atoms with Crippen molar-refractivity contribution in [2.75, 3.05) is 11.4 Å². The number of benzene rings is 1. The molecule has 1 aromatic carbocycles. The van der Waals surface area contributed by atoms with Gasteiger partial charge in [0, 0.05) is 13.0 Å². The maximum atomic E-state index is 13.8. The number of carbonyl (C=O) groups excluding carboxylic acids is 1. The van der Waals surface area contributed by atoms with E-state index >= 15 is 0 Å². The summed E-state index contributed by atoms with van der Waals surface area (Å²) in [5, 5.41) is 17.5. The number of hydrogen-bond donors (Lipinski definition) is 2. The van der Waals surface area contributed by atoms with Crippen molar-refractivity contribution in [3.63, 3.8) is 0 Å². The highest BCUT2D eigenvalue weighted by Gasteiger charge is 2.36. The van der Waals surface area contributed by atoms with Crippen LogP contribution in [0.4, 0.5) is 10.1 Å². The van der Waals surface area contributed by atoms with Crippen molar-refractivity contribution in [3.8, 4) is 0 Å². The third-order valence-electron chi connectivity index (χ3n) is 2.96. The van der Waals surface area contributed by atoms with Crippen LogP contribution >= 0.6 is 0 Å². The van der Waals surface area contributed by atoms with Gasteiger partial charge in [-0.05, 0) is 18.2 Å². The Morgan fingerprint density at radius 1 is 1.32 bits per heavy atom. The maximum absolute atomic E-state index is 13.8. The van der Waals surface area contributed by atoms with Crippen LogP contribution < -0.4 is 4.90 Å². The van der Waals surface area contributed by atoms with E-state index in [1.807, 2.05) is 0 Å². The van der Waals surface area contributed by atoms with Crippen molar-refractivity contribution in [2.45, 2.75) is 6.42 Å². The van der Waals surface area contributed by atoms with Gasteiger partial charge in [0.2, 0.25) is 5.91 Å². The highest BCUT2D eigenvalue weighted by molar-refractivity contribution is 5.99. The molecule has 1 saturated heterocycles. The molecule has 7 heteroatoms. The molecule has 1 aliphatic heterocycles. The van der Waals surface area contributed by atoms with Gasteiger partial charge in [0.1, 0.15) is 5.82 Å². The molecule has 100 valence electrons. The molecule has 0 bridgehead atoms. The van der Waals surface area contributed by atoms with Crippen LogP contribution in [-0.4, -0.2) is 34.6 Å². The number of carboxylic acids is 2. The average molecular weight is 267 g/mol. The quantitative estimate of drug-likeness (QED) is 0.850. The minimum Gasteiger partial charge on any atom is -0.481 e. The summed E-state index contributed by atoms with van der Waals surface area (Å²) in [5.41, 5.74) is -0.332. The Hall–Kier alpha value is -2.44. The number of aliphatic carboxylic acids is 1. The molecule has 0 spiro atoms. The van der Waals surface area contributed by atoms with Gasteiger partial charge in [-0.1, -0.05) is 0 Å². The lowest BCUT2D eigenvalue weighted by atomic mass is 10.1. The van der Waals surface area contributed by atoms with Gasteiger partial charge in [0.15, 0.2) is 0 Å². The second kappa shape index (κ2) is 4.68.